The van der Waals surface area contributed by atoms with Crippen molar-refractivity contribution in [1.82, 2.24) is 0 Å². The lowest BCUT2D eigenvalue weighted by atomic mass is 10.1. The van der Waals surface area contributed by atoms with E-state index in [9.17, 15) is 9.59 Å². The van der Waals surface area contributed by atoms with E-state index in [4.69, 9.17) is 44.3 Å². The Morgan fingerprint density at radius 2 is 1.28 bits per heavy atom. The summed E-state index contributed by atoms with van der Waals surface area (Å²) in [4.78, 5) is 23.8. The lowest BCUT2D eigenvalue weighted by Crippen LogP contribution is -2.11. The van der Waals surface area contributed by atoms with Crippen molar-refractivity contribution in [3.63, 3.8) is 0 Å². The fourth-order valence-corrected chi connectivity index (χ4v) is 2.52. The number of halogens is 3. The molecular weight excluding hydrogens is 387 g/mol. The molecule has 25 heavy (non-hydrogen) atoms. The predicted molar refractivity (Wildman–Crippen MR) is 99.9 cm³/mol. The Morgan fingerprint density at radius 1 is 0.840 bits per heavy atom. The van der Waals surface area contributed by atoms with Gasteiger partial charge in [-0.3, -0.25) is 0 Å². The first kappa shape index (κ1) is 19.3. The molecule has 0 atom stereocenters. The van der Waals surface area contributed by atoms with Crippen molar-refractivity contribution in [2.24, 2.45) is 0 Å². The van der Waals surface area contributed by atoms with Gasteiger partial charge in [0.1, 0.15) is 10.0 Å². The van der Waals surface area contributed by atoms with Gasteiger partial charge >= 0.3 is 11.9 Å². The summed E-state index contributed by atoms with van der Waals surface area (Å²) < 4.78 is 10.6. The molecule has 0 aliphatic rings. The van der Waals surface area contributed by atoms with Gasteiger partial charge in [-0.05, 0) is 32.0 Å². The minimum atomic E-state index is -0.675. The Bertz CT molecular complexity index is 932. The fourth-order valence-electron chi connectivity index (χ4n) is 1.90. The second-order valence-electron chi connectivity index (χ2n) is 5.32. The van der Waals surface area contributed by atoms with E-state index in [0.29, 0.717) is 15.8 Å². The summed E-state index contributed by atoms with van der Waals surface area (Å²) in [5.74, 6) is -1.31. The van der Waals surface area contributed by atoms with Gasteiger partial charge in [0.05, 0.1) is 0 Å². The number of carbonyl (C=O) groups excluding carboxylic acids is 2. The highest BCUT2D eigenvalue weighted by atomic mass is 35.5. The number of hydrogen-bond donors (Lipinski definition) is 0. The minimum Gasteiger partial charge on any atom is -0.421 e. The van der Waals surface area contributed by atoms with Gasteiger partial charge in [-0.2, -0.15) is 0 Å². The second-order valence-corrected chi connectivity index (χ2v) is 6.51. The SMILES string of the molecule is C=C(C)C(=O)Oc1c(Cl)c(Cl)c(OC(=O)C(=C)C)c2cc(Cl)ccc12. The highest BCUT2D eigenvalue weighted by Crippen LogP contribution is 2.47. The summed E-state index contributed by atoms with van der Waals surface area (Å²) in [7, 11) is 0. The van der Waals surface area contributed by atoms with E-state index in [0.717, 1.165) is 0 Å². The van der Waals surface area contributed by atoms with Crippen molar-refractivity contribution in [3.8, 4) is 11.5 Å². The van der Waals surface area contributed by atoms with Gasteiger partial charge in [0.15, 0.2) is 11.5 Å². The number of hydrogen-bond acceptors (Lipinski definition) is 4. The average Bonchev–Trinajstić information content (AvgIpc) is 2.54. The minimum absolute atomic E-state index is 0.00675. The molecule has 0 aromatic heterocycles. The Kier molecular flexibility index (Phi) is 5.78. The average molecular weight is 400 g/mol. The number of benzene rings is 2. The van der Waals surface area contributed by atoms with Crippen molar-refractivity contribution in [3.05, 3.63) is 57.6 Å². The molecule has 0 aliphatic heterocycles. The largest absolute Gasteiger partial charge is 0.421 e. The molecule has 2 aromatic rings. The van der Waals surface area contributed by atoms with Crippen LogP contribution in [0.5, 0.6) is 11.5 Å². The van der Waals surface area contributed by atoms with Crippen LogP contribution in [0.25, 0.3) is 10.8 Å². The molecule has 2 aromatic carbocycles. The topological polar surface area (TPSA) is 52.6 Å². The van der Waals surface area contributed by atoms with Gasteiger partial charge in [-0.15, -0.1) is 0 Å². The molecule has 0 saturated heterocycles. The third-order valence-corrected chi connectivity index (χ3v) is 4.20. The third kappa shape index (κ3) is 3.98. The molecule has 0 saturated carbocycles. The highest BCUT2D eigenvalue weighted by Gasteiger charge is 2.23. The van der Waals surface area contributed by atoms with Crippen LogP contribution in [0.3, 0.4) is 0 Å². The maximum atomic E-state index is 11.9. The Labute approximate surface area is 159 Å². The zero-order chi connectivity index (χ0) is 18.9. The smallest absolute Gasteiger partial charge is 0.338 e. The summed E-state index contributed by atoms with van der Waals surface area (Å²) in [5.41, 5.74) is 0.368. The zero-order valence-corrected chi connectivity index (χ0v) is 15.7. The first-order valence-electron chi connectivity index (χ1n) is 6.99. The first-order valence-corrected chi connectivity index (χ1v) is 8.12. The molecule has 0 radical (unpaired) electrons. The summed E-state index contributed by atoms with van der Waals surface area (Å²) in [6.45, 7) is 10.0. The van der Waals surface area contributed by atoms with Crippen LogP contribution in [0.15, 0.2) is 42.5 Å². The zero-order valence-electron chi connectivity index (χ0n) is 13.4. The molecule has 0 bridgehead atoms. The molecule has 0 aliphatic carbocycles. The molecule has 0 heterocycles. The number of ether oxygens (including phenoxy) is 2. The maximum absolute atomic E-state index is 11.9. The molecular formula is C18H13Cl3O4. The van der Waals surface area contributed by atoms with E-state index in [1.807, 2.05) is 0 Å². The van der Waals surface area contributed by atoms with Crippen molar-refractivity contribution in [2.75, 3.05) is 0 Å². The van der Waals surface area contributed by atoms with Crippen LogP contribution in [-0.4, -0.2) is 11.9 Å². The quantitative estimate of drug-likeness (QED) is 0.372. The number of carbonyl (C=O) groups is 2. The van der Waals surface area contributed by atoms with E-state index in [2.05, 4.69) is 13.2 Å². The Morgan fingerprint density at radius 3 is 1.72 bits per heavy atom. The number of esters is 2. The summed E-state index contributed by atoms with van der Waals surface area (Å²) in [5, 5.41) is 0.973. The molecule has 4 nitrogen and oxygen atoms in total. The highest BCUT2D eigenvalue weighted by molar-refractivity contribution is 6.46. The maximum Gasteiger partial charge on any atom is 0.338 e. The van der Waals surface area contributed by atoms with Gasteiger partial charge < -0.3 is 9.47 Å². The van der Waals surface area contributed by atoms with Gasteiger partial charge in [-0.1, -0.05) is 48.0 Å². The van der Waals surface area contributed by atoms with Crippen molar-refractivity contribution >= 4 is 57.5 Å². The van der Waals surface area contributed by atoms with Gasteiger partial charge in [0.25, 0.3) is 0 Å². The molecule has 130 valence electrons. The van der Waals surface area contributed by atoms with E-state index < -0.39 is 11.9 Å². The van der Waals surface area contributed by atoms with Crippen LogP contribution in [0.2, 0.25) is 15.1 Å². The fraction of sp³-hybridized carbons (Fsp3) is 0.111. The molecule has 0 amide bonds. The van der Waals surface area contributed by atoms with E-state index in [1.165, 1.54) is 19.9 Å². The summed E-state index contributed by atoms with van der Waals surface area (Å²) in [6, 6.07) is 4.69. The number of fused-ring (bicyclic) bond motifs is 1. The van der Waals surface area contributed by atoms with Gasteiger partial charge in [0, 0.05) is 26.9 Å². The molecule has 7 heteroatoms. The van der Waals surface area contributed by atoms with E-state index in [-0.39, 0.29) is 32.7 Å². The van der Waals surface area contributed by atoms with Crippen LogP contribution in [0.1, 0.15) is 13.8 Å². The predicted octanol–water partition coefficient (Wildman–Crippen LogP) is 5.76. The van der Waals surface area contributed by atoms with Crippen molar-refractivity contribution in [1.29, 1.82) is 0 Å². The molecule has 0 spiro atoms. The number of rotatable bonds is 4. The Balaban J connectivity index is 2.75. The van der Waals surface area contributed by atoms with Crippen LogP contribution in [0.4, 0.5) is 0 Å². The molecule has 0 fully saturated rings. The second kappa shape index (κ2) is 7.48. The normalized spacial score (nSPS) is 10.4. The van der Waals surface area contributed by atoms with Gasteiger partial charge in [-0.25, -0.2) is 9.59 Å². The lowest BCUT2D eigenvalue weighted by Gasteiger charge is -2.16. The lowest BCUT2D eigenvalue weighted by molar-refractivity contribution is -0.131. The molecule has 0 unspecified atom stereocenters. The first-order chi connectivity index (χ1) is 11.6. The standard InChI is InChI=1S/C18H13Cl3O4/c1-8(2)17(22)24-15-11-6-5-10(19)7-12(11)16(14(21)13(15)20)25-18(23)9(3)4/h5-7H,1,3H2,2,4H3. The van der Waals surface area contributed by atoms with Crippen molar-refractivity contribution < 1.29 is 19.1 Å². The van der Waals surface area contributed by atoms with Gasteiger partial charge in [0.2, 0.25) is 0 Å². The summed E-state index contributed by atoms with van der Waals surface area (Å²) in [6.07, 6.45) is 0. The third-order valence-electron chi connectivity index (χ3n) is 3.15. The molecule has 0 N–H and O–H groups in total. The van der Waals surface area contributed by atoms with Crippen LogP contribution < -0.4 is 9.47 Å². The Hall–Kier alpha value is -2.01. The van der Waals surface area contributed by atoms with Crippen LogP contribution in [-0.2, 0) is 9.59 Å². The van der Waals surface area contributed by atoms with Crippen LogP contribution >= 0.6 is 34.8 Å². The van der Waals surface area contributed by atoms with Crippen molar-refractivity contribution in [2.45, 2.75) is 13.8 Å². The summed E-state index contributed by atoms with van der Waals surface area (Å²) >= 11 is 18.5. The molecule has 2 rings (SSSR count). The van der Waals surface area contributed by atoms with E-state index in [1.54, 1.807) is 12.1 Å². The monoisotopic (exact) mass is 398 g/mol. The van der Waals surface area contributed by atoms with E-state index >= 15 is 0 Å². The van der Waals surface area contributed by atoms with Crippen LogP contribution in [0, 0.1) is 0 Å².